The van der Waals surface area contributed by atoms with Crippen molar-refractivity contribution in [2.45, 2.75) is 6.92 Å². The third-order valence-electron chi connectivity index (χ3n) is 2.69. The van der Waals surface area contributed by atoms with Gasteiger partial charge in [0.05, 0.1) is 18.5 Å². The summed E-state index contributed by atoms with van der Waals surface area (Å²) in [5.74, 6) is 1.22. The Morgan fingerprint density at radius 1 is 1.35 bits per heavy atom. The monoisotopic (exact) mass is 272 g/mol. The number of hydrogen-bond acceptors (Lipinski definition) is 7. The quantitative estimate of drug-likeness (QED) is 0.763. The molecule has 0 amide bonds. The fourth-order valence-electron chi connectivity index (χ4n) is 1.84. The van der Waals surface area contributed by atoms with Gasteiger partial charge in [-0.3, -0.25) is 0 Å². The number of benzene rings is 1. The van der Waals surface area contributed by atoms with Crippen molar-refractivity contribution in [2.75, 3.05) is 12.3 Å². The van der Waals surface area contributed by atoms with E-state index in [1.807, 2.05) is 31.2 Å². The molecule has 102 valence electrons. The van der Waals surface area contributed by atoms with Crippen LogP contribution in [0.5, 0.6) is 5.75 Å². The number of ether oxygens (including phenoxy) is 1. The van der Waals surface area contributed by atoms with Crippen molar-refractivity contribution in [1.29, 1.82) is 0 Å². The lowest BCUT2D eigenvalue weighted by molar-refractivity contribution is 0.307. The van der Waals surface area contributed by atoms with Gasteiger partial charge in [-0.1, -0.05) is 17.3 Å². The van der Waals surface area contributed by atoms with Gasteiger partial charge in [-0.05, 0) is 29.4 Å². The van der Waals surface area contributed by atoms with Crippen molar-refractivity contribution >= 4 is 5.82 Å². The van der Waals surface area contributed by atoms with Crippen LogP contribution in [0.3, 0.4) is 0 Å². The predicted molar refractivity (Wildman–Crippen MR) is 70.2 cm³/mol. The van der Waals surface area contributed by atoms with E-state index in [0.717, 1.165) is 11.3 Å². The zero-order chi connectivity index (χ0) is 13.9. The van der Waals surface area contributed by atoms with Crippen LogP contribution in [0.25, 0.3) is 17.1 Å². The van der Waals surface area contributed by atoms with Gasteiger partial charge in [0, 0.05) is 5.56 Å². The van der Waals surface area contributed by atoms with E-state index < -0.39 is 0 Å². The van der Waals surface area contributed by atoms with Gasteiger partial charge >= 0.3 is 0 Å². The van der Waals surface area contributed by atoms with Crippen LogP contribution >= 0.6 is 0 Å². The van der Waals surface area contributed by atoms with E-state index in [9.17, 15) is 0 Å². The van der Waals surface area contributed by atoms with E-state index in [-0.39, 0.29) is 5.82 Å². The molecule has 0 bridgehead atoms. The lowest BCUT2D eigenvalue weighted by Gasteiger charge is -2.06. The maximum atomic E-state index is 5.68. The number of anilines is 1. The first kappa shape index (κ1) is 12.2. The molecule has 2 aromatic heterocycles. The van der Waals surface area contributed by atoms with Gasteiger partial charge in [0.15, 0.2) is 0 Å². The highest BCUT2D eigenvalue weighted by atomic mass is 16.6. The summed E-state index contributed by atoms with van der Waals surface area (Å²) in [5, 5.41) is 15.1. The molecule has 8 nitrogen and oxygen atoms in total. The van der Waals surface area contributed by atoms with Crippen molar-refractivity contribution in [3.8, 4) is 22.8 Å². The molecule has 2 N–H and O–H groups in total. The van der Waals surface area contributed by atoms with Crippen molar-refractivity contribution in [3.05, 3.63) is 30.5 Å². The first-order valence-electron chi connectivity index (χ1n) is 6.02. The first-order valence-corrected chi connectivity index (χ1v) is 6.02. The summed E-state index contributed by atoms with van der Waals surface area (Å²) in [5.41, 5.74) is 7.27. The van der Waals surface area contributed by atoms with Crippen molar-refractivity contribution in [3.63, 3.8) is 0 Å². The predicted octanol–water partition coefficient (Wildman–Crippen LogP) is 1.30. The molecule has 3 rings (SSSR count). The summed E-state index contributed by atoms with van der Waals surface area (Å²) in [6.07, 6.45) is 1.61. The van der Waals surface area contributed by atoms with E-state index in [1.54, 1.807) is 6.20 Å². The lowest BCUT2D eigenvalue weighted by Crippen LogP contribution is -2.03. The maximum absolute atomic E-state index is 5.68. The summed E-state index contributed by atoms with van der Waals surface area (Å²) < 4.78 is 11.5. The Morgan fingerprint density at radius 3 is 3.00 bits per heavy atom. The zero-order valence-corrected chi connectivity index (χ0v) is 10.7. The molecule has 0 radical (unpaired) electrons. The van der Waals surface area contributed by atoms with Crippen LogP contribution in [0, 0.1) is 0 Å². The van der Waals surface area contributed by atoms with Gasteiger partial charge in [0.2, 0.25) is 11.6 Å². The molecule has 20 heavy (non-hydrogen) atoms. The highest BCUT2D eigenvalue weighted by molar-refractivity contribution is 5.63. The molecule has 1 aromatic carbocycles. The Morgan fingerprint density at radius 2 is 2.25 bits per heavy atom. The molecule has 0 aliphatic rings. The van der Waals surface area contributed by atoms with Gasteiger partial charge in [0.25, 0.3) is 0 Å². The second-order valence-electron chi connectivity index (χ2n) is 3.96. The Labute approximate surface area is 114 Å². The van der Waals surface area contributed by atoms with Crippen LogP contribution in [-0.4, -0.2) is 31.9 Å². The van der Waals surface area contributed by atoms with Crippen LogP contribution in [0.4, 0.5) is 5.82 Å². The summed E-state index contributed by atoms with van der Waals surface area (Å²) in [4.78, 5) is 0. The number of nitrogens with two attached hydrogens (primary N) is 1. The third-order valence-corrected chi connectivity index (χ3v) is 2.69. The first-order chi connectivity index (χ1) is 9.79. The molecule has 0 spiro atoms. The molecule has 0 fully saturated rings. The van der Waals surface area contributed by atoms with Gasteiger partial charge in [0.1, 0.15) is 5.75 Å². The average molecular weight is 272 g/mol. The highest BCUT2D eigenvalue weighted by Crippen LogP contribution is 2.25. The lowest BCUT2D eigenvalue weighted by atomic mass is 10.1. The molecule has 0 saturated heterocycles. The molecular formula is C12H12N6O2. The second kappa shape index (κ2) is 5.00. The van der Waals surface area contributed by atoms with Crippen LogP contribution in [0.15, 0.2) is 35.1 Å². The molecule has 0 saturated carbocycles. The third kappa shape index (κ3) is 2.07. The van der Waals surface area contributed by atoms with E-state index in [1.165, 1.54) is 4.68 Å². The minimum absolute atomic E-state index is 0.151. The van der Waals surface area contributed by atoms with Gasteiger partial charge < -0.3 is 10.5 Å². The van der Waals surface area contributed by atoms with Crippen LogP contribution < -0.4 is 10.5 Å². The standard InChI is InChI=1S/C12H12N6O2/c1-2-19-9-5-3-4-8(6-9)10-7-14-17-18(10)12-11(13)15-20-16-12/h3-7H,2H2,1H3,(H2,13,15). The number of nitrogens with zero attached hydrogens (tertiary/aromatic N) is 5. The Balaban J connectivity index is 2.06. The Bertz CT molecular complexity index is 720. The number of aromatic nitrogens is 5. The number of rotatable bonds is 4. The maximum Gasteiger partial charge on any atom is 0.243 e. The molecule has 0 atom stereocenters. The molecule has 0 aliphatic heterocycles. The minimum Gasteiger partial charge on any atom is -0.494 e. The molecule has 8 heteroatoms. The Hall–Kier alpha value is -2.90. The van der Waals surface area contributed by atoms with E-state index in [2.05, 4.69) is 25.3 Å². The van der Waals surface area contributed by atoms with Crippen LogP contribution in [-0.2, 0) is 0 Å². The van der Waals surface area contributed by atoms with Gasteiger partial charge in [-0.2, -0.15) is 4.68 Å². The van der Waals surface area contributed by atoms with Crippen molar-refractivity contribution in [1.82, 2.24) is 25.3 Å². The summed E-state index contributed by atoms with van der Waals surface area (Å²) in [6.45, 7) is 2.53. The Kier molecular flexibility index (Phi) is 3.04. The largest absolute Gasteiger partial charge is 0.494 e. The molecular weight excluding hydrogens is 260 g/mol. The average Bonchev–Trinajstić information content (AvgIpc) is 3.07. The number of nitrogen functional groups attached to an aromatic ring is 1. The molecule has 3 aromatic rings. The van der Waals surface area contributed by atoms with Crippen molar-refractivity contribution < 1.29 is 9.37 Å². The molecule has 0 unspecified atom stereocenters. The van der Waals surface area contributed by atoms with Crippen LogP contribution in [0.2, 0.25) is 0 Å². The fourth-order valence-corrected chi connectivity index (χ4v) is 1.84. The molecule has 0 aliphatic carbocycles. The van der Waals surface area contributed by atoms with E-state index >= 15 is 0 Å². The van der Waals surface area contributed by atoms with Crippen LogP contribution in [0.1, 0.15) is 6.92 Å². The SMILES string of the molecule is CCOc1cccc(-c2cnnn2-c2nonc2N)c1. The van der Waals surface area contributed by atoms with E-state index in [0.29, 0.717) is 18.1 Å². The summed E-state index contributed by atoms with van der Waals surface area (Å²) in [7, 11) is 0. The topological polar surface area (TPSA) is 105 Å². The minimum atomic E-state index is 0.151. The summed E-state index contributed by atoms with van der Waals surface area (Å²) in [6, 6.07) is 7.58. The smallest absolute Gasteiger partial charge is 0.243 e. The zero-order valence-electron chi connectivity index (χ0n) is 10.7. The molecule has 2 heterocycles. The number of hydrogen-bond donors (Lipinski definition) is 1. The second-order valence-corrected chi connectivity index (χ2v) is 3.96. The van der Waals surface area contributed by atoms with Crippen molar-refractivity contribution in [2.24, 2.45) is 0 Å². The normalized spacial score (nSPS) is 10.7. The van der Waals surface area contributed by atoms with Gasteiger partial charge in [-0.25, -0.2) is 4.63 Å². The highest BCUT2D eigenvalue weighted by Gasteiger charge is 2.15. The van der Waals surface area contributed by atoms with E-state index in [4.69, 9.17) is 10.5 Å². The fraction of sp³-hybridized carbons (Fsp3) is 0.167. The van der Waals surface area contributed by atoms with Gasteiger partial charge in [-0.15, -0.1) is 5.10 Å². The summed E-state index contributed by atoms with van der Waals surface area (Å²) >= 11 is 0.